The van der Waals surface area contributed by atoms with Crippen molar-refractivity contribution in [1.82, 2.24) is 10.3 Å². The number of amides is 1. The van der Waals surface area contributed by atoms with Crippen LogP contribution in [0.25, 0.3) is 6.08 Å². The summed E-state index contributed by atoms with van der Waals surface area (Å²) in [6, 6.07) is 16.4. The number of ether oxygens (including phenoxy) is 1. The van der Waals surface area contributed by atoms with Gasteiger partial charge >= 0.3 is 0 Å². The highest BCUT2D eigenvalue weighted by atomic mass is 19.1. The number of carbonyl (C=O) groups excluding carboxylic acids is 1. The molecule has 0 saturated carbocycles. The smallest absolute Gasteiger partial charge is 0.251 e. The van der Waals surface area contributed by atoms with E-state index in [0.29, 0.717) is 16.9 Å². The molecular weight excluding hydrogens is 484 g/mol. The molecule has 0 fully saturated rings. The minimum atomic E-state index is -1.32. The van der Waals surface area contributed by atoms with Crippen LogP contribution in [0.2, 0.25) is 0 Å². The number of fused-ring (bicyclic) bond motifs is 8. The Labute approximate surface area is 219 Å². The zero-order valence-corrected chi connectivity index (χ0v) is 20.9. The summed E-state index contributed by atoms with van der Waals surface area (Å²) in [5, 5.41) is 2.96. The van der Waals surface area contributed by atoms with Gasteiger partial charge in [0.1, 0.15) is 29.2 Å². The van der Waals surface area contributed by atoms with Gasteiger partial charge in [0, 0.05) is 29.4 Å². The molecule has 3 heterocycles. The van der Waals surface area contributed by atoms with Crippen LogP contribution in [0.15, 0.2) is 67.2 Å². The van der Waals surface area contributed by atoms with E-state index < -0.39 is 23.3 Å². The van der Waals surface area contributed by atoms with Gasteiger partial charge in [-0.3, -0.25) is 4.79 Å². The monoisotopic (exact) mass is 509 g/mol. The van der Waals surface area contributed by atoms with Gasteiger partial charge in [0.05, 0.1) is 0 Å². The van der Waals surface area contributed by atoms with Gasteiger partial charge in [0.15, 0.2) is 0 Å². The second-order valence-corrected chi connectivity index (χ2v) is 9.77. The Morgan fingerprint density at radius 2 is 1.79 bits per heavy atom. The number of halogens is 2. The predicted octanol–water partition coefficient (Wildman–Crippen LogP) is 5.86. The van der Waals surface area contributed by atoms with E-state index in [4.69, 9.17) is 10.5 Å². The summed E-state index contributed by atoms with van der Waals surface area (Å²) in [7, 11) is 0. The van der Waals surface area contributed by atoms with Crippen molar-refractivity contribution in [3.63, 3.8) is 0 Å². The fourth-order valence-electron chi connectivity index (χ4n) is 5.76. The molecule has 6 rings (SSSR count). The summed E-state index contributed by atoms with van der Waals surface area (Å²) in [4.78, 5) is 17.6. The summed E-state index contributed by atoms with van der Waals surface area (Å²) in [5.74, 6) is -1.25. The van der Waals surface area contributed by atoms with Crippen LogP contribution < -0.4 is 11.1 Å². The Bertz CT molecular complexity index is 1640. The fourth-order valence-corrected chi connectivity index (χ4v) is 5.76. The standard InChI is InChI=1S/C31H25F2N3O2/c1-4-18-5-8-21-25(12-18)31(24-10-7-20(32)14-27(24)33)26-13-19(6-9-22(26)29(21)38-31)30(37)35-15-23-16(2)11-28(34)36-17(23)3/h4-14,29H,1,15H2,2-3H3,(H2,34,36)(H,35,37). The van der Waals surface area contributed by atoms with E-state index in [1.54, 1.807) is 24.3 Å². The van der Waals surface area contributed by atoms with Crippen LogP contribution >= 0.6 is 0 Å². The van der Waals surface area contributed by atoms with Crippen LogP contribution in [0.3, 0.4) is 0 Å². The van der Waals surface area contributed by atoms with Crippen LogP contribution in [-0.4, -0.2) is 10.9 Å². The molecule has 0 saturated heterocycles. The Balaban J connectivity index is 1.44. The van der Waals surface area contributed by atoms with Gasteiger partial charge < -0.3 is 15.8 Å². The van der Waals surface area contributed by atoms with E-state index in [0.717, 1.165) is 45.1 Å². The first kappa shape index (κ1) is 24.0. The Morgan fingerprint density at radius 1 is 1.05 bits per heavy atom. The number of nitrogens with one attached hydrogen (secondary N) is 1. The van der Waals surface area contributed by atoms with Crippen molar-refractivity contribution in [2.24, 2.45) is 0 Å². The quantitative estimate of drug-likeness (QED) is 0.354. The Kier molecular flexibility index (Phi) is 5.43. The molecule has 2 unspecified atom stereocenters. The average Bonchev–Trinajstić information content (AvgIpc) is 3.40. The summed E-state index contributed by atoms with van der Waals surface area (Å²) in [6.45, 7) is 7.91. The molecule has 3 N–H and O–H groups in total. The third-order valence-electron chi connectivity index (χ3n) is 7.56. The molecule has 38 heavy (non-hydrogen) atoms. The number of aryl methyl sites for hydroxylation is 2. The number of benzene rings is 3. The summed E-state index contributed by atoms with van der Waals surface area (Å²) in [6.07, 6.45) is 1.27. The topological polar surface area (TPSA) is 77.2 Å². The highest BCUT2D eigenvalue weighted by molar-refractivity contribution is 5.95. The maximum absolute atomic E-state index is 15.4. The average molecular weight is 510 g/mol. The number of anilines is 1. The van der Waals surface area contributed by atoms with Crippen LogP contribution in [0.5, 0.6) is 0 Å². The van der Waals surface area contributed by atoms with Crippen molar-refractivity contribution in [1.29, 1.82) is 0 Å². The van der Waals surface area contributed by atoms with Crippen molar-refractivity contribution in [2.75, 3.05) is 5.73 Å². The fraction of sp³-hybridized carbons (Fsp3) is 0.161. The molecule has 2 bridgehead atoms. The summed E-state index contributed by atoms with van der Waals surface area (Å²) in [5.41, 5.74) is 11.7. The normalized spacial score (nSPS) is 18.7. The molecule has 7 heteroatoms. The van der Waals surface area contributed by atoms with E-state index in [9.17, 15) is 9.18 Å². The largest absolute Gasteiger partial charge is 0.384 e. The zero-order valence-electron chi connectivity index (χ0n) is 20.9. The molecular formula is C31H25F2N3O2. The van der Waals surface area contributed by atoms with Crippen molar-refractivity contribution in [3.05, 3.63) is 135 Å². The number of hydrogen-bond donors (Lipinski definition) is 2. The zero-order chi connectivity index (χ0) is 26.8. The predicted molar refractivity (Wildman–Crippen MR) is 141 cm³/mol. The number of nitrogens with two attached hydrogens (primary N) is 1. The number of nitrogen functional groups attached to an aromatic ring is 1. The highest BCUT2D eigenvalue weighted by Crippen LogP contribution is 2.61. The number of hydrogen-bond acceptors (Lipinski definition) is 4. The highest BCUT2D eigenvalue weighted by Gasteiger charge is 2.56. The van der Waals surface area contributed by atoms with Gasteiger partial charge in [0.2, 0.25) is 0 Å². The number of nitrogens with zero attached hydrogens (tertiary/aromatic N) is 1. The molecule has 2 aliphatic rings. The van der Waals surface area contributed by atoms with E-state index >= 15 is 4.39 Å². The van der Waals surface area contributed by atoms with E-state index in [2.05, 4.69) is 16.9 Å². The molecule has 0 radical (unpaired) electrons. The van der Waals surface area contributed by atoms with Crippen LogP contribution in [0.1, 0.15) is 66.7 Å². The first-order valence-corrected chi connectivity index (χ1v) is 12.3. The van der Waals surface area contributed by atoms with Gasteiger partial charge in [-0.1, -0.05) is 30.9 Å². The maximum Gasteiger partial charge on any atom is 0.251 e. The van der Waals surface area contributed by atoms with Crippen molar-refractivity contribution < 1.29 is 18.3 Å². The SMILES string of the molecule is C=Cc1ccc2c(c1)C1(c3ccc(F)cc3F)OC2c2ccc(C(=O)NCc3c(C)cc(N)nc3C)cc21. The molecule has 2 atom stereocenters. The Hall–Kier alpha value is -4.36. The van der Waals surface area contributed by atoms with Gasteiger partial charge in [-0.05, 0) is 89.2 Å². The third-order valence-corrected chi connectivity index (χ3v) is 7.56. The van der Waals surface area contributed by atoms with Gasteiger partial charge in [0.25, 0.3) is 5.91 Å². The van der Waals surface area contributed by atoms with Crippen molar-refractivity contribution >= 4 is 17.8 Å². The molecule has 0 spiro atoms. The van der Waals surface area contributed by atoms with Gasteiger partial charge in [-0.15, -0.1) is 0 Å². The van der Waals surface area contributed by atoms with Gasteiger partial charge in [-0.25, -0.2) is 13.8 Å². The van der Waals surface area contributed by atoms with E-state index in [1.165, 1.54) is 12.1 Å². The van der Waals surface area contributed by atoms with Crippen molar-refractivity contribution in [2.45, 2.75) is 32.1 Å². The summed E-state index contributed by atoms with van der Waals surface area (Å²) >= 11 is 0. The minimum absolute atomic E-state index is 0.194. The Morgan fingerprint density at radius 3 is 2.50 bits per heavy atom. The molecule has 1 amide bonds. The maximum atomic E-state index is 15.4. The molecule has 1 aromatic heterocycles. The number of pyridine rings is 1. The van der Waals surface area contributed by atoms with Gasteiger partial charge in [-0.2, -0.15) is 0 Å². The molecule has 2 aliphatic heterocycles. The van der Waals surface area contributed by atoms with Crippen LogP contribution in [0, 0.1) is 25.5 Å². The van der Waals surface area contributed by atoms with E-state index in [1.807, 2.05) is 38.1 Å². The lowest BCUT2D eigenvalue weighted by molar-refractivity contribution is 0.0224. The van der Waals surface area contributed by atoms with Crippen molar-refractivity contribution in [3.8, 4) is 0 Å². The molecule has 4 aromatic rings. The number of rotatable bonds is 5. The number of carbonyl (C=O) groups is 1. The second kappa shape index (κ2) is 8.60. The molecule has 3 aromatic carbocycles. The van der Waals surface area contributed by atoms with Crippen LogP contribution in [0.4, 0.5) is 14.6 Å². The molecule has 190 valence electrons. The second-order valence-electron chi connectivity index (χ2n) is 9.77. The lowest BCUT2D eigenvalue weighted by atomic mass is 9.73. The lowest BCUT2D eigenvalue weighted by Gasteiger charge is -2.30. The van der Waals surface area contributed by atoms with Crippen LogP contribution in [-0.2, 0) is 16.9 Å². The van der Waals surface area contributed by atoms with E-state index in [-0.39, 0.29) is 18.0 Å². The summed E-state index contributed by atoms with van der Waals surface area (Å²) < 4.78 is 35.8. The first-order chi connectivity index (χ1) is 18.2. The molecule has 5 nitrogen and oxygen atoms in total. The molecule has 0 aliphatic carbocycles. The first-order valence-electron chi connectivity index (χ1n) is 12.3. The lowest BCUT2D eigenvalue weighted by Crippen LogP contribution is -2.30. The number of aromatic nitrogens is 1. The third kappa shape index (κ3) is 3.46. The minimum Gasteiger partial charge on any atom is -0.384 e.